The highest BCUT2D eigenvalue weighted by molar-refractivity contribution is 5.62. The van der Waals surface area contributed by atoms with Crippen molar-refractivity contribution in [3.05, 3.63) is 47.7 Å². The van der Waals surface area contributed by atoms with Crippen molar-refractivity contribution in [3.63, 3.8) is 0 Å². The predicted molar refractivity (Wildman–Crippen MR) is 70.2 cm³/mol. The number of pyridine rings is 1. The quantitative estimate of drug-likeness (QED) is 0.937. The zero-order chi connectivity index (χ0) is 15.5. The van der Waals surface area contributed by atoms with Crippen LogP contribution in [0.1, 0.15) is 11.1 Å². The molecule has 0 aliphatic heterocycles. The molecule has 2 aromatic rings. The molecular formula is C14H10F3N3O. The molecule has 0 unspecified atom stereocenters. The standard InChI is InChI=1S/C14H10F3N3O/c1-21-13-5-3-11(8-19-13)20-10-2-4-12(14(15,16)17)9(6-10)7-18/h2-6,8,20H,1H3. The number of aromatic nitrogens is 1. The van der Waals surface area contributed by atoms with Crippen molar-refractivity contribution < 1.29 is 17.9 Å². The van der Waals surface area contributed by atoms with Crippen molar-refractivity contribution in [2.24, 2.45) is 0 Å². The van der Waals surface area contributed by atoms with Gasteiger partial charge in [-0.05, 0) is 24.3 Å². The van der Waals surface area contributed by atoms with Gasteiger partial charge < -0.3 is 10.1 Å². The van der Waals surface area contributed by atoms with Crippen LogP contribution in [-0.4, -0.2) is 12.1 Å². The van der Waals surface area contributed by atoms with E-state index >= 15 is 0 Å². The number of nitriles is 1. The topological polar surface area (TPSA) is 57.9 Å². The van der Waals surface area contributed by atoms with E-state index in [1.165, 1.54) is 19.4 Å². The molecule has 0 saturated carbocycles. The summed E-state index contributed by atoms with van der Waals surface area (Å²) < 4.78 is 42.9. The molecule has 7 heteroatoms. The van der Waals surface area contributed by atoms with Crippen LogP contribution in [0, 0.1) is 11.3 Å². The van der Waals surface area contributed by atoms with Gasteiger partial charge in [0, 0.05) is 11.8 Å². The lowest BCUT2D eigenvalue weighted by molar-refractivity contribution is -0.137. The summed E-state index contributed by atoms with van der Waals surface area (Å²) in [4.78, 5) is 3.96. The Hall–Kier alpha value is -2.75. The Kier molecular flexibility index (Phi) is 3.98. The van der Waals surface area contributed by atoms with E-state index in [2.05, 4.69) is 10.3 Å². The molecule has 1 aromatic heterocycles. The summed E-state index contributed by atoms with van der Waals surface area (Å²) in [7, 11) is 1.48. The minimum Gasteiger partial charge on any atom is -0.481 e. The van der Waals surface area contributed by atoms with Gasteiger partial charge >= 0.3 is 6.18 Å². The van der Waals surface area contributed by atoms with Crippen molar-refractivity contribution in [1.29, 1.82) is 5.26 Å². The van der Waals surface area contributed by atoms with E-state index in [4.69, 9.17) is 10.00 Å². The maximum atomic E-state index is 12.7. The Balaban J connectivity index is 2.27. The molecule has 0 fully saturated rings. The molecule has 0 amide bonds. The highest BCUT2D eigenvalue weighted by Crippen LogP contribution is 2.33. The summed E-state index contributed by atoms with van der Waals surface area (Å²) in [6.45, 7) is 0. The first-order chi connectivity index (χ1) is 9.94. The number of methoxy groups -OCH3 is 1. The first-order valence-electron chi connectivity index (χ1n) is 5.82. The number of nitrogens with zero attached hydrogens (tertiary/aromatic N) is 2. The van der Waals surface area contributed by atoms with Crippen molar-refractivity contribution in [3.8, 4) is 11.9 Å². The van der Waals surface area contributed by atoms with Gasteiger partial charge in [-0.1, -0.05) is 0 Å². The molecule has 2 rings (SSSR count). The molecule has 0 atom stereocenters. The first kappa shape index (κ1) is 14.7. The van der Waals surface area contributed by atoms with E-state index in [1.807, 2.05) is 0 Å². The molecule has 0 aliphatic rings. The lowest BCUT2D eigenvalue weighted by atomic mass is 10.1. The maximum Gasteiger partial charge on any atom is 0.417 e. The van der Waals surface area contributed by atoms with Crippen molar-refractivity contribution in [2.75, 3.05) is 12.4 Å². The monoisotopic (exact) mass is 293 g/mol. The van der Waals surface area contributed by atoms with E-state index in [0.29, 0.717) is 17.3 Å². The third-order valence-electron chi connectivity index (χ3n) is 2.68. The number of nitrogens with one attached hydrogen (secondary N) is 1. The summed E-state index contributed by atoms with van der Waals surface area (Å²) in [6, 6.07) is 8.10. The van der Waals surface area contributed by atoms with Crippen LogP contribution in [0.4, 0.5) is 24.5 Å². The van der Waals surface area contributed by atoms with Gasteiger partial charge in [-0.15, -0.1) is 0 Å². The van der Waals surface area contributed by atoms with E-state index in [-0.39, 0.29) is 0 Å². The lowest BCUT2D eigenvalue weighted by Crippen LogP contribution is -2.08. The number of rotatable bonds is 3. The molecule has 108 valence electrons. The molecule has 0 radical (unpaired) electrons. The molecule has 0 bridgehead atoms. The second kappa shape index (κ2) is 5.71. The Morgan fingerprint density at radius 3 is 2.43 bits per heavy atom. The normalized spacial score (nSPS) is 10.8. The van der Waals surface area contributed by atoms with Crippen LogP contribution in [0.25, 0.3) is 0 Å². The van der Waals surface area contributed by atoms with Crippen LogP contribution in [0.2, 0.25) is 0 Å². The van der Waals surface area contributed by atoms with E-state index in [0.717, 1.165) is 12.1 Å². The van der Waals surface area contributed by atoms with E-state index < -0.39 is 17.3 Å². The highest BCUT2D eigenvalue weighted by atomic mass is 19.4. The fraction of sp³-hybridized carbons (Fsp3) is 0.143. The zero-order valence-corrected chi connectivity index (χ0v) is 10.9. The van der Waals surface area contributed by atoms with Gasteiger partial charge in [-0.3, -0.25) is 0 Å². The third kappa shape index (κ3) is 3.42. The smallest absolute Gasteiger partial charge is 0.417 e. The number of halogens is 3. The highest BCUT2D eigenvalue weighted by Gasteiger charge is 2.33. The number of ether oxygens (including phenoxy) is 1. The predicted octanol–water partition coefficient (Wildman–Crippen LogP) is 3.72. The molecule has 1 N–H and O–H groups in total. The number of alkyl halides is 3. The van der Waals surface area contributed by atoms with Gasteiger partial charge in [0.15, 0.2) is 0 Å². The second-order valence-electron chi connectivity index (χ2n) is 4.08. The van der Waals surface area contributed by atoms with Crippen LogP contribution in [0.5, 0.6) is 5.88 Å². The Morgan fingerprint density at radius 2 is 1.90 bits per heavy atom. The largest absolute Gasteiger partial charge is 0.481 e. The SMILES string of the molecule is COc1ccc(Nc2ccc(C(F)(F)F)c(C#N)c2)cn1. The number of hydrogen-bond donors (Lipinski definition) is 1. The third-order valence-corrected chi connectivity index (χ3v) is 2.68. The van der Waals surface area contributed by atoms with Crippen LogP contribution in [-0.2, 0) is 6.18 Å². The summed E-state index contributed by atoms with van der Waals surface area (Å²) in [6.07, 6.45) is -3.08. The van der Waals surface area contributed by atoms with Gasteiger partial charge in [0.05, 0.1) is 36.2 Å². The molecule has 21 heavy (non-hydrogen) atoms. The molecule has 1 heterocycles. The van der Waals surface area contributed by atoms with Crippen molar-refractivity contribution in [1.82, 2.24) is 4.98 Å². The summed E-state index contributed by atoms with van der Waals surface area (Å²) >= 11 is 0. The number of anilines is 2. The van der Waals surface area contributed by atoms with E-state index in [1.54, 1.807) is 18.2 Å². The number of hydrogen-bond acceptors (Lipinski definition) is 4. The molecule has 0 spiro atoms. The molecule has 0 aliphatic carbocycles. The van der Waals surface area contributed by atoms with Crippen LogP contribution in [0.15, 0.2) is 36.5 Å². The second-order valence-corrected chi connectivity index (χ2v) is 4.08. The van der Waals surface area contributed by atoms with Gasteiger partial charge in [-0.25, -0.2) is 4.98 Å². The zero-order valence-electron chi connectivity index (χ0n) is 10.9. The molecule has 0 saturated heterocycles. The first-order valence-corrected chi connectivity index (χ1v) is 5.82. The van der Waals surface area contributed by atoms with Crippen LogP contribution >= 0.6 is 0 Å². The minimum atomic E-state index is -4.55. The summed E-state index contributed by atoms with van der Waals surface area (Å²) in [5.41, 5.74) is -0.455. The van der Waals surface area contributed by atoms with Crippen molar-refractivity contribution >= 4 is 11.4 Å². The number of benzene rings is 1. The summed E-state index contributed by atoms with van der Waals surface area (Å²) in [5, 5.41) is 11.7. The fourth-order valence-corrected chi connectivity index (χ4v) is 1.70. The Bertz CT molecular complexity index is 675. The van der Waals surface area contributed by atoms with Crippen LogP contribution in [0.3, 0.4) is 0 Å². The van der Waals surface area contributed by atoms with Crippen molar-refractivity contribution in [2.45, 2.75) is 6.18 Å². The lowest BCUT2D eigenvalue weighted by Gasteiger charge is -2.11. The molecule has 1 aromatic carbocycles. The minimum absolute atomic E-state index is 0.367. The van der Waals surface area contributed by atoms with Gasteiger partial charge in [-0.2, -0.15) is 18.4 Å². The Morgan fingerprint density at radius 1 is 1.19 bits per heavy atom. The van der Waals surface area contributed by atoms with Gasteiger partial charge in [0.1, 0.15) is 0 Å². The fourth-order valence-electron chi connectivity index (χ4n) is 1.70. The molecule has 4 nitrogen and oxygen atoms in total. The van der Waals surface area contributed by atoms with Gasteiger partial charge in [0.2, 0.25) is 5.88 Å². The average molecular weight is 293 g/mol. The Labute approximate surface area is 118 Å². The van der Waals surface area contributed by atoms with Gasteiger partial charge in [0.25, 0.3) is 0 Å². The van der Waals surface area contributed by atoms with Crippen LogP contribution < -0.4 is 10.1 Å². The average Bonchev–Trinajstić information content (AvgIpc) is 2.46. The summed E-state index contributed by atoms with van der Waals surface area (Å²) in [5.74, 6) is 0.422. The van der Waals surface area contributed by atoms with E-state index in [9.17, 15) is 13.2 Å². The maximum absolute atomic E-state index is 12.7. The molecular weight excluding hydrogens is 283 g/mol.